The second kappa shape index (κ2) is 6.60. The van der Waals surface area contributed by atoms with Gasteiger partial charge in [0, 0.05) is 19.2 Å². The molecule has 0 fully saturated rings. The summed E-state index contributed by atoms with van der Waals surface area (Å²) in [6, 6.07) is 4.25. The largest absolute Gasteiger partial charge is 0.480 e. The van der Waals surface area contributed by atoms with E-state index in [0.717, 1.165) is 17.7 Å². The fourth-order valence-electron chi connectivity index (χ4n) is 2.44. The van der Waals surface area contributed by atoms with E-state index < -0.39 is 24.3 Å². The molecule has 0 aromatic heterocycles. The Balaban J connectivity index is 2.26. The monoisotopic (exact) mass is 318 g/mol. The van der Waals surface area contributed by atoms with Crippen LogP contribution in [0.25, 0.3) is 0 Å². The number of carbonyl (C=O) groups is 4. The van der Waals surface area contributed by atoms with Gasteiger partial charge in [-0.3, -0.25) is 24.1 Å². The van der Waals surface area contributed by atoms with Gasteiger partial charge >= 0.3 is 5.97 Å². The first-order chi connectivity index (χ1) is 10.9. The van der Waals surface area contributed by atoms with Crippen molar-refractivity contribution >= 4 is 23.7 Å². The van der Waals surface area contributed by atoms with Gasteiger partial charge in [0.15, 0.2) is 0 Å². The van der Waals surface area contributed by atoms with Gasteiger partial charge < -0.3 is 10.0 Å². The molecule has 7 heteroatoms. The third-order valence-electron chi connectivity index (χ3n) is 3.67. The lowest BCUT2D eigenvalue weighted by molar-refractivity contribution is -0.137. The third kappa shape index (κ3) is 3.23. The minimum atomic E-state index is -1.13. The molecule has 1 aliphatic heterocycles. The van der Waals surface area contributed by atoms with E-state index in [2.05, 4.69) is 0 Å². The number of aliphatic carboxylic acids is 1. The third-order valence-corrected chi connectivity index (χ3v) is 3.67. The predicted octanol–water partition coefficient (Wildman–Crippen LogP) is 1.24. The van der Waals surface area contributed by atoms with Crippen LogP contribution >= 0.6 is 0 Å². The summed E-state index contributed by atoms with van der Waals surface area (Å²) in [5.74, 6) is -2.40. The van der Waals surface area contributed by atoms with Crippen LogP contribution in [0.3, 0.4) is 0 Å². The van der Waals surface area contributed by atoms with E-state index in [0.29, 0.717) is 6.54 Å². The number of fused-ring (bicyclic) bond motifs is 1. The SMILES string of the molecule is CCCCN1C(=O)c2ccc(C(=O)N(C)CC(=O)O)cc2C1=O. The smallest absolute Gasteiger partial charge is 0.323 e. The first-order valence-corrected chi connectivity index (χ1v) is 7.34. The molecular formula is C16H18N2O5. The van der Waals surface area contributed by atoms with Gasteiger partial charge in [-0.15, -0.1) is 0 Å². The van der Waals surface area contributed by atoms with Crippen molar-refractivity contribution in [1.82, 2.24) is 9.80 Å². The highest BCUT2D eigenvalue weighted by atomic mass is 16.4. The van der Waals surface area contributed by atoms with Gasteiger partial charge in [0.25, 0.3) is 17.7 Å². The summed E-state index contributed by atoms with van der Waals surface area (Å²) in [6.07, 6.45) is 1.58. The minimum Gasteiger partial charge on any atom is -0.480 e. The van der Waals surface area contributed by atoms with Crippen LogP contribution in [-0.4, -0.2) is 58.7 Å². The number of amides is 3. The number of carbonyl (C=O) groups excluding carboxylic acids is 3. The Morgan fingerprint density at radius 1 is 1.17 bits per heavy atom. The molecule has 0 bridgehead atoms. The molecule has 0 spiro atoms. The van der Waals surface area contributed by atoms with E-state index in [1.807, 2.05) is 6.92 Å². The Kier molecular flexibility index (Phi) is 4.78. The Bertz CT molecular complexity index is 683. The number of carboxylic acid groups (broad SMARTS) is 1. The van der Waals surface area contributed by atoms with E-state index in [1.165, 1.54) is 30.1 Å². The van der Waals surface area contributed by atoms with Crippen molar-refractivity contribution in [3.63, 3.8) is 0 Å². The van der Waals surface area contributed by atoms with E-state index in [4.69, 9.17) is 5.11 Å². The number of carboxylic acids is 1. The summed E-state index contributed by atoms with van der Waals surface area (Å²) in [7, 11) is 1.37. The van der Waals surface area contributed by atoms with Gasteiger partial charge in [-0.1, -0.05) is 13.3 Å². The maximum Gasteiger partial charge on any atom is 0.323 e. The highest BCUT2D eigenvalue weighted by Crippen LogP contribution is 2.24. The van der Waals surface area contributed by atoms with Gasteiger partial charge in [0.2, 0.25) is 0 Å². The fourth-order valence-corrected chi connectivity index (χ4v) is 2.44. The van der Waals surface area contributed by atoms with Crippen LogP contribution in [0.1, 0.15) is 50.8 Å². The topological polar surface area (TPSA) is 95.0 Å². The zero-order valence-electron chi connectivity index (χ0n) is 13.0. The maximum atomic E-state index is 12.3. The van der Waals surface area contributed by atoms with Gasteiger partial charge in [0.1, 0.15) is 6.54 Å². The molecule has 0 atom stereocenters. The Labute approximate surface area is 133 Å². The lowest BCUT2D eigenvalue weighted by Gasteiger charge is -2.14. The molecule has 1 heterocycles. The number of hydrogen-bond donors (Lipinski definition) is 1. The van der Waals surface area contributed by atoms with E-state index in [-0.39, 0.29) is 22.6 Å². The Morgan fingerprint density at radius 3 is 2.43 bits per heavy atom. The van der Waals surface area contributed by atoms with Crippen molar-refractivity contribution in [3.8, 4) is 0 Å². The van der Waals surface area contributed by atoms with Crippen LogP contribution < -0.4 is 0 Å². The molecular weight excluding hydrogens is 300 g/mol. The van der Waals surface area contributed by atoms with E-state index in [9.17, 15) is 19.2 Å². The molecule has 0 unspecified atom stereocenters. The summed E-state index contributed by atoms with van der Waals surface area (Å²) in [5.41, 5.74) is 0.662. The summed E-state index contributed by atoms with van der Waals surface area (Å²) in [5, 5.41) is 8.73. The van der Waals surface area contributed by atoms with Crippen molar-refractivity contribution < 1.29 is 24.3 Å². The maximum absolute atomic E-state index is 12.3. The van der Waals surface area contributed by atoms with Crippen molar-refractivity contribution in [2.24, 2.45) is 0 Å². The standard InChI is InChI=1S/C16H18N2O5/c1-3-4-7-18-15(22)11-6-5-10(8-12(11)16(18)23)14(21)17(2)9-13(19)20/h5-6,8H,3-4,7,9H2,1-2H3,(H,19,20). The van der Waals surface area contributed by atoms with Crippen molar-refractivity contribution in [2.75, 3.05) is 20.1 Å². The van der Waals surface area contributed by atoms with E-state index >= 15 is 0 Å². The molecule has 1 aromatic rings. The number of hydrogen-bond acceptors (Lipinski definition) is 4. The highest BCUT2D eigenvalue weighted by Gasteiger charge is 2.35. The number of nitrogens with zero attached hydrogens (tertiary/aromatic N) is 2. The minimum absolute atomic E-state index is 0.186. The molecule has 3 amide bonds. The number of unbranched alkanes of at least 4 members (excludes halogenated alkanes) is 1. The molecule has 0 saturated heterocycles. The molecule has 23 heavy (non-hydrogen) atoms. The molecule has 0 aliphatic carbocycles. The Hall–Kier alpha value is -2.70. The zero-order chi connectivity index (χ0) is 17.1. The second-order valence-corrected chi connectivity index (χ2v) is 5.43. The first kappa shape index (κ1) is 16.7. The predicted molar refractivity (Wildman–Crippen MR) is 81.3 cm³/mol. The lowest BCUT2D eigenvalue weighted by Crippen LogP contribution is -2.32. The van der Waals surface area contributed by atoms with Gasteiger partial charge in [-0.2, -0.15) is 0 Å². The summed E-state index contributed by atoms with van der Waals surface area (Å²) in [4.78, 5) is 49.6. The molecule has 1 aromatic carbocycles. The number of likely N-dealkylation sites (N-methyl/N-ethyl adjacent to an activating group) is 1. The molecule has 122 valence electrons. The summed E-state index contributed by atoms with van der Waals surface area (Å²) in [6.45, 7) is 1.88. The summed E-state index contributed by atoms with van der Waals surface area (Å²) >= 11 is 0. The number of rotatable bonds is 6. The second-order valence-electron chi connectivity index (χ2n) is 5.43. The van der Waals surface area contributed by atoms with Crippen LogP contribution in [0.15, 0.2) is 18.2 Å². The fraction of sp³-hybridized carbons (Fsp3) is 0.375. The quantitative estimate of drug-likeness (QED) is 0.796. The van der Waals surface area contributed by atoms with Gasteiger partial charge in [0.05, 0.1) is 11.1 Å². The number of imide groups is 1. The van der Waals surface area contributed by atoms with Crippen molar-refractivity contribution in [3.05, 3.63) is 34.9 Å². The lowest BCUT2D eigenvalue weighted by atomic mass is 10.0. The Morgan fingerprint density at radius 2 is 1.83 bits per heavy atom. The average molecular weight is 318 g/mol. The van der Waals surface area contributed by atoms with Crippen molar-refractivity contribution in [2.45, 2.75) is 19.8 Å². The zero-order valence-corrected chi connectivity index (χ0v) is 13.0. The van der Waals surface area contributed by atoms with Crippen LogP contribution in [-0.2, 0) is 4.79 Å². The van der Waals surface area contributed by atoms with Crippen LogP contribution in [0.2, 0.25) is 0 Å². The molecule has 0 saturated carbocycles. The molecule has 1 N–H and O–H groups in total. The molecule has 0 radical (unpaired) electrons. The number of benzene rings is 1. The molecule has 2 rings (SSSR count). The molecule has 7 nitrogen and oxygen atoms in total. The first-order valence-electron chi connectivity index (χ1n) is 7.34. The van der Waals surface area contributed by atoms with Crippen molar-refractivity contribution in [1.29, 1.82) is 0 Å². The average Bonchev–Trinajstić information content (AvgIpc) is 2.75. The van der Waals surface area contributed by atoms with Crippen LogP contribution in [0.4, 0.5) is 0 Å². The van der Waals surface area contributed by atoms with Gasteiger partial charge in [-0.25, -0.2) is 0 Å². The highest BCUT2D eigenvalue weighted by molar-refractivity contribution is 6.22. The van der Waals surface area contributed by atoms with Crippen LogP contribution in [0.5, 0.6) is 0 Å². The normalized spacial score (nSPS) is 13.2. The van der Waals surface area contributed by atoms with E-state index in [1.54, 1.807) is 0 Å². The van der Waals surface area contributed by atoms with Gasteiger partial charge in [-0.05, 0) is 24.6 Å². The molecule has 1 aliphatic rings. The van der Waals surface area contributed by atoms with Crippen LogP contribution in [0, 0.1) is 0 Å². The summed E-state index contributed by atoms with van der Waals surface area (Å²) < 4.78 is 0.